The number of aliphatic imine (C=N–C) groups is 1. The van der Waals surface area contributed by atoms with Crippen LogP contribution in [0.25, 0.3) is 0 Å². The summed E-state index contributed by atoms with van der Waals surface area (Å²) in [4.78, 5) is 16.2. The van der Waals surface area contributed by atoms with Crippen LogP contribution in [0.15, 0.2) is 23.2 Å². The van der Waals surface area contributed by atoms with Crippen molar-refractivity contribution in [2.75, 3.05) is 23.4 Å². The molecular formula is C14H18N2OS2. The van der Waals surface area contributed by atoms with Gasteiger partial charge in [-0.2, -0.15) is 0 Å². The predicted molar refractivity (Wildman–Crippen MR) is 86.4 cm³/mol. The molecule has 5 heteroatoms. The first-order chi connectivity index (χ1) is 9.15. The van der Waals surface area contributed by atoms with Crippen molar-refractivity contribution in [2.45, 2.75) is 20.3 Å². The number of nitrogens with zero attached hydrogens (tertiary/aromatic N) is 1. The number of thioether (sulfide) groups is 2. The molecule has 102 valence electrons. The topological polar surface area (TPSA) is 41.5 Å². The summed E-state index contributed by atoms with van der Waals surface area (Å²) in [5.74, 6) is 1.94. The molecule has 1 aliphatic heterocycles. The fourth-order valence-corrected chi connectivity index (χ4v) is 3.69. The van der Waals surface area contributed by atoms with Gasteiger partial charge in [0.2, 0.25) is 5.91 Å². The van der Waals surface area contributed by atoms with Crippen LogP contribution in [0.2, 0.25) is 0 Å². The van der Waals surface area contributed by atoms with E-state index in [2.05, 4.69) is 24.2 Å². The van der Waals surface area contributed by atoms with E-state index >= 15 is 0 Å². The zero-order valence-electron chi connectivity index (χ0n) is 11.2. The number of hydrogen-bond donors (Lipinski definition) is 1. The predicted octanol–water partition coefficient (Wildman–Crippen LogP) is 3.47. The molecule has 1 aromatic rings. The first-order valence-electron chi connectivity index (χ1n) is 6.32. The summed E-state index contributed by atoms with van der Waals surface area (Å²) in [5.41, 5.74) is 3.32. The van der Waals surface area contributed by atoms with E-state index in [1.54, 1.807) is 23.5 Å². The number of rotatable bonds is 4. The van der Waals surface area contributed by atoms with Crippen molar-refractivity contribution < 1.29 is 4.79 Å². The Bertz CT molecular complexity index is 500. The van der Waals surface area contributed by atoms with Crippen molar-refractivity contribution >= 4 is 39.5 Å². The zero-order valence-corrected chi connectivity index (χ0v) is 12.9. The SMILES string of the molecule is Cc1ccc(NC(=O)CCSC2=NCCS2)cc1C. The number of carbonyl (C=O) groups excluding carboxylic acids is 1. The Kier molecular flexibility index (Phi) is 5.34. The second kappa shape index (κ2) is 7.01. The van der Waals surface area contributed by atoms with Gasteiger partial charge in [0.1, 0.15) is 4.38 Å². The van der Waals surface area contributed by atoms with Crippen LogP contribution < -0.4 is 5.32 Å². The van der Waals surface area contributed by atoms with Crippen LogP contribution in [0.5, 0.6) is 0 Å². The molecule has 0 radical (unpaired) electrons. The first-order valence-corrected chi connectivity index (χ1v) is 8.29. The Morgan fingerprint density at radius 1 is 1.42 bits per heavy atom. The zero-order chi connectivity index (χ0) is 13.7. The van der Waals surface area contributed by atoms with E-state index in [0.717, 1.165) is 28.1 Å². The molecule has 1 N–H and O–H groups in total. The Balaban J connectivity index is 1.75. The van der Waals surface area contributed by atoms with Gasteiger partial charge in [-0.25, -0.2) is 0 Å². The maximum atomic E-state index is 11.8. The van der Waals surface area contributed by atoms with Crippen molar-refractivity contribution in [3.8, 4) is 0 Å². The second-order valence-corrected chi connectivity index (χ2v) is 6.87. The normalized spacial score (nSPS) is 14.3. The van der Waals surface area contributed by atoms with Crippen molar-refractivity contribution in [1.29, 1.82) is 0 Å². The summed E-state index contributed by atoms with van der Waals surface area (Å²) >= 11 is 3.46. The van der Waals surface area contributed by atoms with Gasteiger partial charge in [-0.15, -0.1) is 0 Å². The summed E-state index contributed by atoms with van der Waals surface area (Å²) in [5, 5.41) is 2.94. The van der Waals surface area contributed by atoms with E-state index < -0.39 is 0 Å². The molecule has 0 saturated heterocycles. The highest BCUT2D eigenvalue weighted by molar-refractivity contribution is 8.39. The number of anilines is 1. The lowest BCUT2D eigenvalue weighted by Gasteiger charge is -2.07. The molecule has 2 rings (SSSR count). The van der Waals surface area contributed by atoms with Gasteiger partial charge in [0, 0.05) is 23.6 Å². The highest BCUT2D eigenvalue weighted by atomic mass is 32.2. The lowest BCUT2D eigenvalue weighted by molar-refractivity contribution is -0.115. The van der Waals surface area contributed by atoms with E-state index in [0.29, 0.717) is 6.42 Å². The average Bonchev–Trinajstić information content (AvgIpc) is 2.87. The third-order valence-corrected chi connectivity index (χ3v) is 5.16. The molecule has 0 atom stereocenters. The Labute approximate surface area is 122 Å². The van der Waals surface area contributed by atoms with Gasteiger partial charge in [0.05, 0.1) is 6.54 Å². The molecule has 1 amide bonds. The minimum Gasteiger partial charge on any atom is -0.326 e. The van der Waals surface area contributed by atoms with Crippen LogP contribution in [0.3, 0.4) is 0 Å². The summed E-state index contributed by atoms with van der Waals surface area (Å²) in [6.45, 7) is 5.04. The number of nitrogens with one attached hydrogen (secondary N) is 1. The standard InChI is InChI=1S/C14H18N2OS2/c1-10-3-4-12(9-11(10)2)16-13(17)5-7-18-14-15-6-8-19-14/h3-4,9H,5-8H2,1-2H3,(H,16,17). The molecule has 1 aromatic carbocycles. The molecule has 0 bridgehead atoms. The van der Waals surface area contributed by atoms with Crippen LogP contribution in [0, 0.1) is 13.8 Å². The highest BCUT2D eigenvalue weighted by Crippen LogP contribution is 2.22. The third kappa shape index (κ3) is 4.58. The van der Waals surface area contributed by atoms with Crippen LogP contribution in [0.1, 0.15) is 17.5 Å². The smallest absolute Gasteiger partial charge is 0.225 e. The summed E-state index contributed by atoms with van der Waals surface area (Å²) in [7, 11) is 0. The molecule has 0 saturated carbocycles. The molecule has 3 nitrogen and oxygen atoms in total. The van der Waals surface area contributed by atoms with Crippen LogP contribution in [-0.4, -0.2) is 28.3 Å². The van der Waals surface area contributed by atoms with Gasteiger partial charge in [-0.05, 0) is 37.1 Å². The lowest BCUT2D eigenvalue weighted by atomic mass is 10.1. The van der Waals surface area contributed by atoms with E-state index in [4.69, 9.17) is 0 Å². The molecule has 0 aromatic heterocycles. The summed E-state index contributed by atoms with van der Waals surface area (Å²) in [6, 6.07) is 5.99. The number of carbonyl (C=O) groups is 1. The molecular weight excluding hydrogens is 276 g/mol. The molecule has 0 fully saturated rings. The number of aryl methyl sites for hydroxylation is 2. The van der Waals surface area contributed by atoms with E-state index in [1.165, 1.54) is 11.1 Å². The first kappa shape index (κ1) is 14.5. The fraction of sp³-hybridized carbons (Fsp3) is 0.429. The van der Waals surface area contributed by atoms with Crippen molar-refractivity contribution in [3.05, 3.63) is 29.3 Å². The Morgan fingerprint density at radius 3 is 2.95 bits per heavy atom. The minimum atomic E-state index is 0.0688. The van der Waals surface area contributed by atoms with Gasteiger partial charge < -0.3 is 5.32 Å². The largest absolute Gasteiger partial charge is 0.326 e. The number of benzene rings is 1. The third-order valence-electron chi connectivity index (χ3n) is 2.90. The van der Waals surface area contributed by atoms with Gasteiger partial charge >= 0.3 is 0 Å². The van der Waals surface area contributed by atoms with Crippen LogP contribution in [-0.2, 0) is 4.79 Å². The van der Waals surface area contributed by atoms with E-state index in [-0.39, 0.29) is 5.91 Å². The van der Waals surface area contributed by atoms with Crippen LogP contribution >= 0.6 is 23.5 Å². The van der Waals surface area contributed by atoms with Gasteiger partial charge in [0.25, 0.3) is 0 Å². The Hall–Kier alpha value is -0.940. The number of amides is 1. The van der Waals surface area contributed by atoms with E-state index in [1.807, 2.05) is 18.2 Å². The molecule has 0 spiro atoms. The minimum absolute atomic E-state index is 0.0688. The maximum absolute atomic E-state index is 11.8. The maximum Gasteiger partial charge on any atom is 0.225 e. The van der Waals surface area contributed by atoms with Gasteiger partial charge in [-0.3, -0.25) is 9.79 Å². The highest BCUT2D eigenvalue weighted by Gasteiger charge is 2.09. The lowest BCUT2D eigenvalue weighted by Crippen LogP contribution is -2.12. The van der Waals surface area contributed by atoms with Crippen LogP contribution in [0.4, 0.5) is 5.69 Å². The molecule has 1 aliphatic rings. The second-order valence-electron chi connectivity index (χ2n) is 4.44. The number of hydrogen-bond acceptors (Lipinski definition) is 4. The molecule has 0 aliphatic carbocycles. The fourth-order valence-electron chi connectivity index (χ4n) is 1.68. The van der Waals surface area contributed by atoms with Crippen molar-refractivity contribution in [3.63, 3.8) is 0 Å². The van der Waals surface area contributed by atoms with E-state index in [9.17, 15) is 4.79 Å². The van der Waals surface area contributed by atoms with Gasteiger partial charge in [-0.1, -0.05) is 29.6 Å². The van der Waals surface area contributed by atoms with Crippen molar-refractivity contribution in [2.24, 2.45) is 4.99 Å². The molecule has 0 unspecified atom stereocenters. The Morgan fingerprint density at radius 2 is 2.26 bits per heavy atom. The summed E-state index contributed by atoms with van der Waals surface area (Å²) < 4.78 is 1.12. The average molecular weight is 294 g/mol. The van der Waals surface area contributed by atoms with Gasteiger partial charge in [0.15, 0.2) is 0 Å². The van der Waals surface area contributed by atoms with Crippen molar-refractivity contribution in [1.82, 2.24) is 0 Å². The molecule has 19 heavy (non-hydrogen) atoms. The quantitative estimate of drug-likeness (QED) is 0.924. The monoisotopic (exact) mass is 294 g/mol. The summed E-state index contributed by atoms with van der Waals surface area (Å²) in [6.07, 6.45) is 0.525. The molecule has 1 heterocycles.